The topological polar surface area (TPSA) is 105 Å². The Bertz CT molecular complexity index is 1250. The molecule has 0 saturated carbocycles. The number of likely N-dealkylation sites (tertiary alicyclic amines) is 1. The highest BCUT2D eigenvalue weighted by atomic mass is 32.1. The molecule has 9 nitrogen and oxygen atoms in total. The zero-order valence-electron chi connectivity index (χ0n) is 20.2. The van der Waals surface area contributed by atoms with E-state index < -0.39 is 30.5 Å². The zero-order valence-corrected chi connectivity index (χ0v) is 21.0. The van der Waals surface area contributed by atoms with Crippen molar-refractivity contribution in [3.63, 3.8) is 0 Å². The fourth-order valence-corrected chi connectivity index (χ4v) is 4.47. The molecule has 0 unspecified atom stereocenters. The van der Waals surface area contributed by atoms with E-state index in [-0.39, 0.29) is 42.4 Å². The fourth-order valence-electron chi connectivity index (χ4n) is 3.82. The van der Waals surface area contributed by atoms with E-state index >= 15 is 0 Å². The summed E-state index contributed by atoms with van der Waals surface area (Å²) in [4.78, 5) is 30.2. The van der Waals surface area contributed by atoms with Gasteiger partial charge >= 0.3 is 18.4 Å². The number of Topliss-reactive ketones (excluding diaryl/α,β-unsaturated/α-hetero) is 1. The van der Waals surface area contributed by atoms with E-state index in [0.29, 0.717) is 25.9 Å². The predicted molar refractivity (Wildman–Crippen MR) is 130 cm³/mol. The normalized spacial score (nSPS) is 15.2. The van der Waals surface area contributed by atoms with Gasteiger partial charge in [-0.25, -0.2) is 4.98 Å². The molecule has 1 aliphatic rings. The molecule has 0 bridgehead atoms. The monoisotopic (exact) mass is 575 g/mol. The maximum Gasteiger partial charge on any atom is 0.422 e. The Balaban J connectivity index is 1.41. The van der Waals surface area contributed by atoms with Gasteiger partial charge in [-0.05, 0) is 31.0 Å². The van der Waals surface area contributed by atoms with E-state index in [1.165, 1.54) is 23.5 Å². The Hall–Kier alpha value is -3.53. The number of nitrogens with zero attached hydrogens (tertiary/aromatic N) is 5. The first-order valence-electron chi connectivity index (χ1n) is 11.7. The largest absolute Gasteiger partial charge is 0.454 e. The highest BCUT2D eigenvalue weighted by Gasteiger charge is 2.31. The number of aromatic nitrogens is 4. The molecular formula is C23H23F6N7O2S. The van der Waals surface area contributed by atoms with Crippen molar-refractivity contribution >= 4 is 34.7 Å². The van der Waals surface area contributed by atoms with Gasteiger partial charge in [0.15, 0.2) is 12.4 Å². The van der Waals surface area contributed by atoms with Gasteiger partial charge in [0, 0.05) is 36.4 Å². The zero-order chi connectivity index (χ0) is 28.0. The Morgan fingerprint density at radius 1 is 1.08 bits per heavy atom. The van der Waals surface area contributed by atoms with Crippen LogP contribution in [0.4, 0.5) is 43.9 Å². The number of halogens is 6. The Labute approximate surface area is 222 Å². The number of anilines is 3. The van der Waals surface area contributed by atoms with Crippen molar-refractivity contribution in [3.05, 3.63) is 46.4 Å². The molecule has 1 aromatic carbocycles. The van der Waals surface area contributed by atoms with Crippen molar-refractivity contribution in [1.82, 2.24) is 24.8 Å². The van der Waals surface area contributed by atoms with Crippen molar-refractivity contribution in [3.8, 4) is 6.01 Å². The molecule has 2 aromatic heterocycles. The van der Waals surface area contributed by atoms with E-state index in [2.05, 4.69) is 35.3 Å². The molecule has 0 spiro atoms. The maximum absolute atomic E-state index is 13.1. The summed E-state index contributed by atoms with van der Waals surface area (Å²) in [6.45, 7) is -0.219. The van der Waals surface area contributed by atoms with Gasteiger partial charge in [-0.2, -0.15) is 41.3 Å². The number of piperidine rings is 1. The lowest BCUT2D eigenvalue weighted by Crippen LogP contribution is -2.42. The molecule has 0 aliphatic carbocycles. The minimum atomic E-state index is -4.65. The molecule has 3 heterocycles. The third kappa shape index (κ3) is 9.02. The first-order chi connectivity index (χ1) is 18.4. The number of rotatable bonds is 10. The molecule has 210 valence electrons. The summed E-state index contributed by atoms with van der Waals surface area (Å²) in [5, 5.41) is 8.15. The number of ketones is 1. The first kappa shape index (κ1) is 28.5. The van der Waals surface area contributed by atoms with Crippen molar-refractivity contribution in [2.24, 2.45) is 0 Å². The number of nitrogens with one attached hydrogen (secondary N) is 2. The summed E-state index contributed by atoms with van der Waals surface area (Å²) in [6.07, 6.45) is -6.16. The van der Waals surface area contributed by atoms with Gasteiger partial charge in [0.25, 0.3) is 0 Å². The lowest BCUT2D eigenvalue weighted by molar-refractivity contribution is -0.154. The van der Waals surface area contributed by atoms with Gasteiger partial charge in [-0.1, -0.05) is 6.07 Å². The molecule has 2 N–H and O–H groups in total. The Kier molecular flexibility index (Phi) is 8.84. The molecule has 1 fully saturated rings. The number of carbonyl (C=O) groups excluding carboxylic acids is 1. The van der Waals surface area contributed by atoms with Crippen molar-refractivity contribution in [2.45, 2.75) is 37.7 Å². The Morgan fingerprint density at radius 2 is 1.82 bits per heavy atom. The molecule has 4 rings (SSSR count). The lowest BCUT2D eigenvalue weighted by Gasteiger charge is -2.31. The van der Waals surface area contributed by atoms with Crippen LogP contribution >= 0.6 is 11.3 Å². The van der Waals surface area contributed by atoms with Gasteiger partial charge in [0.1, 0.15) is 0 Å². The third-order valence-corrected chi connectivity index (χ3v) is 6.36. The van der Waals surface area contributed by atoms with E-state index in [1.807, 2.05) is 4.90 Å². The minimum absolute atomic E-state index is 0.0283. The molecule has 39 heavy (non-hydrogen) atoms. The van der Waals surface area contributed by atoms with Crippen molar-refractivity contribution in [2.75, 3.05) is 36.9 Å². The maximum atomic E-state index is 13.1. The first-order valence-corrected chi connectivity index (χ1v) is 12.6. The van der Waals surface area contributed by atoms with Crippen LogP contribution in [0, 0.1) is 0 Å². The van der Waals surface area contributed by atoms with Crippen molar-refractivity contribution < 1.29 is 35.9 Å². The lowest BCUT2D eigenvalue weighted by atomic mass is 10.0. The van der Waals surface area contributed by atoms with Crippen LogP contribution in [0.15, 0.2) is 35.8 Å². The molecule has 0 amide bonds. The Morgan fingerprint density at radius 3 is 2.49 bits per heavy atom. The SMILES string of the molecule is O=C(Cc1nccs1)CN1CCC(Nc2nc(Nc3cccc(C(F)(F)F)c3)nc(OCC(F)(F)F)n2)CC1. The van der Waals surface area contributed by atoms with Gasteiger partial charge < -0.3 is 15.4 Å². The summed E-state index contributed by atoms with van der Waals surface area (Å²) in [5.41, 5.74) is -0.954. The summed E-state index contributed by atoms with van der Waals surface area (Å²) >= 11 is 1.42. The number of benzene rings is 1. The van der Waals surface area contributed by atoms with E-state index in [0.717, 1.165) is 17.1 Å². The van der Waals surface area contributed by atoms with Crippen LogP contribution in [-0.2, 0) is 17.4 Å². The number of hydrogen-bond donors (Lipinski definition) is 2. The standard InChI is InChI=1S/C23H23F6N7O2S/c24-22(25,26)13-38-21-34-19(33-20(35-21)32-16-3-1-2-14(10-16)23(27,28)29)31-15-4-7-36(8-5-15)12-17(37)11-18-30-6-9-39-18/h1-3,6,9-10,15H,4-5,7-8,11-13H2,(H2,31,32,33,34,35). The van der Waals surface area contributed by atoms with Crippen LogP contribution in [0.3, 0.4) is 0 Å². The highest BCUT2D eigenvalue weighted by Crippen LogP contribution is 2.31. The summed E-state index contributed by atoms with van der Waals surface area (Å²) < 4.78 is 81.9. The van der Waals surface area contributed by atoms with Crippen LogP contribution in [0.5, 0.6) is 6.01 Å². The third-order valence-electron chi connectivity index (χ3n) is 5.58. The van der Waals surface area contributed by atoms with Gasteiger partial charge in [-0.3, -0.25) is 9.69 Å². The second-order valence-corrected chi connectivity index (χ2v) is 9.69. The average Bonchev–Trinajstić information content (AvgIpc) is 3.36. The van der Waals surface area contributed by atoms with Crippen LogP contribution in [0.1, 0.15) is 23.4 Å². The number of carbonyl (C=O) groups is 1. The van der Waals surface area contributed by atoms with Crippen LogP contribution in [-0.4, -0.2) is 69.1 Å². The predicted octanol–water partition coefficient (Wildman–Crippen LogP) is 4.72. The second kappa shape index (κ2) is 12.1. The second-order valence-electron chi connectivity index (χ2n) is 8.71. The molecular weight excluding hydrogens is 552 g/mol. The number of hydrogen-bond acceptors (Lipinski definition) is 10. The molecule has 0 radical (unpaired) electrons. The smallest absolute Gasteiger partial charge is 0.422 e. The van der Waals surface area contributed by atoms with E-state index in [9.17, 15) is 31.1 Å². The van der Waals surface area contributed by atoms with Gasteiger partial charge in [0.05, 0.1) is 23.5 Å². The van der Waals surface area contributed by atoms with Crippen LogP contribution < -0.4 is 15.4 Å². The molecule has 0 atom stereocenters. The quantitative estimate of drug-likeness (QED) is 0.332. The fraction of sp³-hybridized carbons (Fsp3) is 0.435. The summed E-state index contributed by atoms with van der Waals surface area (Å²) in [7, 11) is 0. The van der Waals surface area contributed by atoms with Gasteiger partial charge in [0.2, 0.25) is 11.9 Å². The van der Waals surface area contributed by atoms with Crippen molar-refractivity contribution in [1.29, 1.82) is 0 Å². The molecule has 16 heteroatoms. The molecule has 1 aliphatic heterocycles. The van der Waals surface area contributed by atoms with E-state index in [1.54, 1.807) is 11.6 Å². The average molecular weight is 576 g/mol. The summed E-state index contributed by atoms with van der Waals surface area (Å²) in [6, 6.07) is 3.37. The van der Waals surface area contributed by atoms with E-state index in [4.69, 9.17) is 0 Å². The number of ether oxygens (including phenoxy) is 1. The molecule has 1 saturated heterocycles. The summed E-state index contributed by atoms with van der Waals surface area (Å²) in [5.74, 6) is -0.352. The van der Waals surface area contributed by atoms with Gasteiger partial charge in [-0.15, -0.1) is 11.3 Å². The van der Waals surface area contributed by atoms with Crippen LogP contribution in [0.2, 0.25) is 0 Å². The molecule has 3 aromatic rings. The number of alkyl halides is 6. The van der Waals surface area contributed by atoms with Crippen LogP contribution in [0.25, 0.3) is 0 Å². The highest BCUT2D eigenvalue weighted by molar-refractivity contribution is 7.09. The minimum Gasteiger partial charge on any atom is -0.454 e. The number of thiazole rings is 1.